The van der Waals surface area contributed by atoms with E-state index in [1.54, 1.807) is 0 Å². The van der Waals surface area contributed by atoms with Crippen LogP contribution in [0.15, 0.2) is 12.2 Å². The maximum absolute atomic E-state index is 11.8. The van der Waals surface area contributed by atoms with Crippen molar-refractivity contribution in [1.82, 2.24) is 4.90 Å². The van der Waals surface area contributed by atoms with E-state index in [2.05, 4.69) is 12.2 Å². The van der Waals surface area contributed by atoms with Gasteiger partial charge in [0.1, 0.15) is 0 Å². The summed E-state index contributed by atoms with van der Waals surface area (Å²) in [6.45, 7) is 3.29. The van der Waals surface area contributed by atoms with E-state index in [-0.39, 0.29) is 0 Å². The van der Waals surface area contributed by atoms with Crippen molar-refractivity contribution in [3.8, 4) is 0 Å². The number of amides is 1. The molecule has 0 aliphatic carbocycles. The van der Waals surface area contributed by atoms with Crippen molar-refractivity contribution in [2.24, 2.45) is 5.92 Å². The van der Waals surface area contributed by atoms with Crippen molar-refractivity contribution in [3.63, 3.8) is 0 Å². The molecule has 0 aromatic heterocycles. The maximum Gasteiger partial charge on any atom is 0.223 e. The third-order valence-corrected chi connectivity index (χ3v) is 2.90. The minimum Gasteiger partial charge on any atom is -0.381 e. The zero-order valence-corrected chi connectivity index (χ0v) is 8.45. The second kappa shape index (κ2) is 4.60. The Morgan fingerprint density at radius 2 is 2.43 bits per heavy atom. The molecule has 0 aromatic rings. The number of nitrogens with zero attached hydrogens (tertiary/aromatic N) is 1. The second-order valence-corrected chi connectivity index (χ2v) is 4.03. The van der Waals surface area contributed by atoms with Gasteiger partial charge in [0.15, 0.2) is 0 Å². The van der Waals surface area contributed by atoms with Gasteiger partial charge in [0.2, 0.25) is 5.91 Å². The average Bonchev–Trinajstić information content (AvgIpc) is 2.72. The monoisotopic (exact) mass is 195 g/mol. The first-order valence-corrected chi connectivity index (χ1v) is 5.37. The second-order valence-electron chi connectivity index (χ2n) is 4.03. The largest absolute Gasteiger partial charge is 0.381 e. The van der Waals surface area contributed by atoms with E-state index in [0.29, 0.717) is 18.2 Å². The summed E-state index contributed by atoms with van der Waals surface area (Å²) in [6, 6.07) is 0. The van der Waals surface area contributed by atoms with Gasteiger partial charge >= 0.3 is 0 Å². The highest BCUT2D eigenvalue weighted by Crippen LogP contribution is 2.18. The fourth-order valence-electron chi connectivity index (χ4n) is 1.99. The zero-order chi connectivity index (χ0) is 9.80. The standard InChI is InChI=1S/C11H17NO2/c13-11(8-10-4-7-14-9-10)12-5-2-1-3-6-12/h1-2,10H,3-9H2. The SMILES string of the molecule is O=C(CC1CCOC1)N1CC=CCC1. The summed E-state index contributed by atoms with van der Waals surface area (Å²) < 4.78 is 5.26. The molecule has 0 aromatic carbocycles. The van der Waals surface area contributed by atoms with Crippen LogP contribution in [0.4, 0.5) is 0 Å². The van der Waals surface area contributed by atoms with Gasteiger partial charge in [-0.2, -0.15) is 0 Å². The van der Waals surface area contributed by atoms with Crippen LogP contribution in [0.5, 0.6) is 0 Å². The van der Waals surface area contributed by atoms with Gasteiger partial charge in [0, 0.05) is 32.7 Å². The summed E-state index contributed by atoms with van der Waals surface area (Å²) in [7, 11) is 0. The molecule has 0 N–H and O–H groups in total. The first-order valence-electron chi connectivity index (χ1n) is 5.37. The van der Waals surface area contributed by atoms with Crippen molar-refractivity contribution >= 4 is 5.91 Å². The van der Waals surface area contributed by atoms with Gasteiger partial charge in [-0.15, -0.1) is 0 Å². The van der Waals surface area contributed by atoms with E-state index in [9.17, 15) is 4.79 Å². The normalized spacial score (nSPS) is 26.9. The molecule has 0 saturated carbocycles. The summed E-state index contributed by atoms with van der Waals surface area (Å²) in [5, 5.41) is 0. The van der Waals surface area contributed by atoms with Gasteiger partial charge in [0.05, 0.1) is 0 Å². The Kier molecular flexibility index (Phi) is 3.19. The molecular weight excluding hydrogens is 178 g/mol. The van der Waals surface area contributed by atoms with Gasteiger partial charge < -0.3 is 9.64 Å². The molecule has 0 radical (unpaired) electrons. The first-order chi connectivity index (χ1) is 6.86. The fraction of sp³-hybridized carbons (Fsp3) is 0.727. The lowest BCUT2D eigenvalue weighted by Gasteiger charge is -2.24. The smallest absolute Gasteiger partial charge is 0.223 e. The molecule has 1 saturated heterocycles. The van der Waals surface area contributed by atoms with Crippen LogP contribution in [-0.2, 0) is 9.53 Å². The molecule has 14 heavy (non-hydrogen) atoms. The minimum absolute atomic E-state index is 0.296. The number of carbonyl (C=O) groups is 1. The number of carbonyl (C=O) groups excluding carboxylic acids is 1. The molecule has 3 heteroatoms. The Bertz CT molecular complexity index is 231. The molecule has 3 nitrogen and oxygen atoms in total. The van der Waals surface area contributed by atoms with Crippen LogP contribution in [-0.4, -0.2) is 37.1 Å². The van der Waals surface area contributed by atoms with Crippen molar-refractivity contribution in [2.45, 2.75) is 19.3 Å². The van der Waals surface area contributed by atoms with E-state index in [4.69, 9.17) is 4.74 Å². The van der Waals surface area contributed by atoms with Gasteiger partial charge in [-0.25, -0.2) is 0 Å². The van der Waals surface area contributed by atoms with E-state index < -0.39 is 0 Å². The van der Waals surface area contributed by atoms with E-state index in [1.807, 2.05) is 4.90 Å². The summed E-state index contributed by atoms with van der Waals surface area (Å²) in [6.07, 6.45) is 6.95. The molecule has 1 amide bonds. The lowest BCUT2D eigenvalue weighted by molar-refractivity contribution is -0.131. The van der Waals surface area contributed by atoms with E-state index in [0.717, 1.165) is 39.1 Å². The predicted molar refractivity (Wildman–Crippen MR) is 53.9 cm³/mol. The van der Waals surface area contributed by atoms with Crippen LogP contribution in [0, 0.1) is 5.92 Å². The van der Waals surface area contributed by atoms with Crippen LogP contribution in [0.25, 0.3) is 0 Å². The highest BCUT2D eigenvalue weighted by atomic mass is 16.5. The molecule has 0 spiro atoms. The van der Waals surface area contributed by atoms with Crippen molar-refractivity contribution in [2.75, 3.05) is 26.3 Å². The van der Waals surface area contributed by atoms with Gasteiger partial charge in [0.25, 0.3) is 0 Å². The number of hydrogen-bond acceptors (Lipinski definition) is 2. The quantitative estimate of drug-likeness (QED) is 0.620. The first kappa shape index (κ1) is 9.71. The van der Waals surface area contributed by atoms with Crippen LogP contribution < -0.4 is 0 Å². The lowest BCUT2D eigenvalue weighted by Crippen LogP contribution is -2.34. The topological polar surface area (TPSA) is 29.5 Å². The zero-order valence-electron chi connectivity index (χ0n) is 8.45. The minimum atomic E-state index is 0.296. The Labute approximate surface area is 84.7 Å². The molecule has 1 atom stereocenters. The average molecular weight is 195 g/mol. The van der Waals surface area contributed by atoms with E-state index >= 15 is 0 Å². The third kappa shape index (κ3) is 2.35. The highest BCUT2D eigenvalue weighted by molar-refractivity contribution is 5.76. The van der Waals surface area contributed by atoms with Crippen LogP contribution >= 0.6 is 0 Å². The predicted octanol–water partition coefficient (Wildman–Crippen LogP) is 1.20. The van der Waals surface area contributed by atoms with Crippen molar-refractivity contribution < 1.29 is 9.53 Å². The van der Waals surface area contributed by atoms with Crippen LogP contribution in [0.1, 0.15) is 19.3 Å². The molecule has 2 rings (SSSR count). The number of rotatable bonds is 2. The fourth-order valence-corrected chi connectivity index (χ4v) is 1.99. The summed E-state index contributed by atoms with van der Waals surface area (Å²) in [5.74, 6) is 0.762. The molecule has 1 unspecified atom stereocenters. The Morgan fingerprint density at radius 1 is 1.50 bits per heavy atom. The van der Waals surface area contributed by atoms with Crippen molar-refractivity contribution in [3.05, 3.63) is 12.2 Å². The summed E-state index contributed by atoms with van der Waals surface area (Å²) in [4.78, 5) is 13.7. The van der Waals surface area contributed by atoms with Crippen LogP contribution in [0.2, 0.25) is 0 Å². The molecular formula is C11H17NO2. The number of ether oxygens (including phenoxy) is 1. The summed E-state index contributed by atoms with van der Waals surface area (Å²) in [5.41, 5.74) is 0. The molecule has 2 heterocycles. The van der Waals surface area contributed by atoms with Gasteiger partial charge in [-0.3, -0.25) is 4.79 Å². The molecule has 2 aliphatic heterocycles. The summed E-state index contributed by atoms with van der Waals surface area (Å²) >= 11 is 0. The van der Waals surface area contributed by atoms with Crippen molar-refractivity contribution in [1.29, 1.82) is 0 Å². The Morgan fingerprint density at radius 3 is 3.07 bits per heavy atom. The third-order valence-electron chi connectivity index (χ3n) is 2.90. The van der Waals surface area contributed by atoms with E-state index in [1.165, 1.54) is 0 Å². The molecule has 2 aliphatic rings. The van der Waals surface area contributed by atoms with Gasteiger partial charge in [-0.05, 0) is 18.8 Å². The Balaban J connectivity index is 1.79. The molecule has 0 bridgehead atoms. The lowest BCUT2D eigenvalue weighted by atomic mass is 10.0. The maximum atomic E-state index is 11.8. The van der Waals surface area contributed by atoms with Gasteiger partial charge in [-0.1, -0.05) is 12.2 Å². The number of hydrogen-bond donors (Lipinski definition) is 0. The highest BCUT2D eigenvalue weighted by Gasteiger charge is 2.22. The molecule has 78 valence electrons. The Hall–Kier alpha value is -0.830. The molecule has 1 fully saturated rings. The van der Waals surface area contributed by atoms with Crippen LogP contribution in [0.3, 0.4) is 0 Å².